The number of hydrogen-bond acceptors (Lipinski definition) is 1. The molecule has 4 bridgehead atoms. The van der Waals surface area contributed by atoms with Crippen LogP contribution in [-0.2, 0) is 0 Å². The summed E-state index contributed by atoms with van der Waals surface area (Å²) in [5.41, 5.74) is 4.28. The van der Waals surface area contributed by atoms with Crippen molar-refractivity contribution in [1.29, 1.82) is 0 Å². The quantitative estimate of drug-likeness (QED) is 0.537. The van der Waals surface area contributed by atoms with Gasteiger partial charge in [-0.2, -0.15) is 0 Å². The highest BCUT2D eigenvalue weighted by molar-refractivity contribution is 5.08. The molecule has 4 aliphatic carbocycles. The summed E-state index contributed by atoms with van der Waals surface area (Å²) >= 11 is 0. The van der Waals surface area contributed by atoms with Crippen LogP contribution in [0.2, 0.25) is 0 Å². The molecule has 0 radical (unpaired) electrons. The molecule has 4 aliphatic rings. The molecule has 2 heteroatoms. The van der Waals surface area contributed by atoms with Gasteiger partial charge in [0.05, 0.1) is 11.1 Å². The summed E-state index contributed by atoms with van der Waals surface area (Å²) in [5, 5.41) is 10.2. The van der Waals surface area contributed by atoms with Crippen LogP contribution in [0, 0.1) is 11.8 Å². The Balaban J connectivity index is 1.98. The van der Waals surface area contributed by atoms with Crippen molar-refractivity contribution in [3.8, 4) is 0 Å². The minimum atomic E-state index is -0.300. The summed E-state index contributed by atoms with van der Waals surface area (Å²) in [7, 11) is 0. The van der Waals surface area contributed by atoms with Crippen LogP contribution in [0.15, 0.2) is 0 Å². The normalized spacial score (nSPS) is 62.5. The monoisotopic (exact) mass is 168 g/mol. The summed E-state index contributed by atoms with van der Waals surface area (Å²) in [6, 6.07) is 0. The topological polar surface area (TPSA) is 47.9 Å². The van der Waals surface area contributed by atoms with Gasteiger partial charge in [0.15, 0.2) is 0 Å². The molecule has 4 rings (SSSR count). The minimum Gasteiger partial charge on any atom is -0.390 e. The van der Waals surface area contributed by atoms with Crippen LogP contribution in [0.1, 0.15) is 38.5 Å². The van der Waals surface area contributed by atoms with Crippen molar-refractivity contribution in [1.82, 2.24) is 0 Å². The molecule has 0 saturated heterocycles. The van der Waals surface area contributed by atoms with Crippen molar-refractivity contribution >= 4 is 0 Å². The van der Waals surface area contributed by atoms with Crippen molar-refractivity contribution in [3.63, 3.8) is 0 Å². The number of aliphatic hydroxyl groups is 1. The zero-order valence-corrected chi connectivity index (χ0v) is 7.55. The third-order valence-corrected chi connectivity index (χ3v) is 4.15. The predicted molar refractivity (Wildman–Crippen MR) is 45.3 cm³/mol. The van der Waals surface area contributed by atoms with Crippen LogP contribution in [-0.4, -0.2) is 16.2 Å². The smallest absolute Gasteiger partial charge is 0.0979 e. The molecule has 0 aromatic rings. The van der Waals surface area contributed by atoms with Gasteiger partial charge in [-0.3, -0.25) is 0 Å². The lowest BCUT2D eigenvalue weighted by molar-refractivity contribution is -0.511. The zero-order valence-electron chi connectivity index (χ0n) is 7.55. The maximum Gasteiger partial charge on any atom is 0.0979 e. The summed E-state index contributed by atoms with van der Waals surface area (Å²) in [6.07, 6.45) is 7.06. The third kappa shape index (κ3) is 0.882. The van der Waals surface area contributed by atoms with Gasteiger partial charge in [-0.1, -0.05) is 0 Å². The SMILES string of the molecule is [NH3+]C12C[C@H]3C[C@H](C1)CC(O)(C3)C2. The molecule has 0 amide bonds. The average Bonchev–Trinajstić information content (AvgIpc) is 1.75. The first-order valence-corrected chi connectivity index (χ1v) is 5.15. The molecule has 4 saturated carbocycles. The first kappa shape index (κ1) is 7.34. The molecule has 4 fully saturated rings. The molecule has 2 atom stereocenters. The Labute approximate surface area is 73.1 Å². The molecule has 0 spiro atoms. The van der Waals surface area contributed by atoms with Gasteiger partial charge in [0, 0.05) is 19.3 Å². The van der Waals surface area contributed by atoms with E-state index in [1.54, 1.807) is 0 Å². The Morgan fingerprint density at radius 1 is 1.08 bits per heavy atom. The van der Waals surface area contributed by atoms with Crippen molar-refractivity contribution < 1.29 is 10.8 Å². The van der Waals surface area contributed by atoms with Crippen LogP contribution in [0.5, 0.6) is 0 Å². The van der Waals surface area contributed by atoms with E-state index in [2.05, 4.69) is 5.73 Å². The van der Waals surface area contributed by atoms with Gasteiger partial charge in [-0.15, -0.1) is 0 Å². The molecule has 0 aromatic carbocycles. The van der Waals surface area contributed by atoms with Crippen molar-refractivity contribution in [2.24, 2.45) is 11.8 Å². The predicted octanol–water partition coefficient (Wildman–Crippen LogP) is 0.312. The van der Waals surface area contributed by atoms with E-state index >= 15 is 0 Å². The van der Waals surface area contributed by atoms with E-state index in [4.69, 9.17) is 0 Å². The third-order valence-electron chi connectivity index (χ3n) is 4.15. The lowest BCUT2D eigenvalue weighted by Crippen LogP contribution is -2.80. The summed E-state index contributed by atoms with van der Waals surface area (Å²) in [5.74, 6) is 1.60. The molecule has 68 valence electrons. The van der Waals surface area contributed by atoms with Gasteiger partial charge in [-0.25, -0.2) is 0 Å². The van der Waals surface area contributed by atoms with E-state index < -0.39 is 0 Å². The molecule has 4 N–H and O–H groups in total. The van der Waals surface area contributed by atoms with Gasteiger partial charge < -0.3 is 10.8 Å². The fourth-order valence-electron chi connectivity index (χ4n) is 4.40. The van der Waals surface area contributed by atoms with Crippen molar-refractivity contribution in [3.05, 3.63) is 0 Å². The first-order chi connectivity index (χ1) is 5.57. The van der Waals surface area contributed by atoms with E-state index in [-0.39, 0.29) is 11.1 Å². The average molecular weight is 168 g/mol. The molecule has 0 heterocycles. The van der Waals surface area contributed by atoms with E-state index in [1.807, 2.05) is 0 Å². The molecule has 0 aliphatic heterocycles. The van der Waals surface area contributed by atoms with Crippen LogP contribution >= 0.6 is 0 Å². The molecule has 2 nitrogen and oxygen atoms in total. The highest BCUT2D eigenvalue weighted by atomic mass is 16.3. The van der Waals surface area contributed by atoms with E-state index in [1.165, 1.54) is 19.3 Å². The van der Waals surface area contributed by atoms with E-state index in [0.717, 1.165) is 31.1 Å². The molecule has 0 aromatic heterocycles. The highest BCUT2D eigenvalue weighted by Crippen LogP contribution is 2.55. The van der Waals surface area contributed by atoms with Crippen LogP contribution in [0.4, 0.5) is 0 Å². The van der Waals surface area contributed by atoms with Gasteiger partial charge >= 0.3 is 0 Å². The Hall–Kier alpha value is -0.0800. The maximum absolute atomic E-state index is 10.2. The van der Waals surface area contributed by atoms with Crippen LogP contribution in [0.25, 0.3) is 0 Å². The van der Waals surface area contributed by atoms with Crippen molar-refractivity contribution in [2.75, 3.05) is 0 Å². The van der Waals surface area contributed by atoms with Crippen molar-refractivity contribution in [2.45, 2.75) is 49.7 Å². The Kier molecular flexibility index (Phi) is 1.15. The Morgan fingerprint density at radius 2 is 1.67 bits per heavy atom. The molecule has 12 heavy (non-hydrogen) atoms. The standard InChI is InChI=1S/C10H17NO/c11-9-2-7-1-8(3-9)5-10(12,4-7)6-9/h7-8,12H,1-6,11H2/p+1/t7-,8-,9?,10?/m1/s1. The van der Waals surface area contributed by atoms with E-state index in [0.29, 0.717) is 0 Å². The Morgan fingerprint density at radius 3 is 2.08 bits per heavy atom. The second-order valence-corrected chi connectivity index (χ2v) is 5.69. The summed E-state index contributed by atoms with van der Waals surface area (Å²) in [6.45, 7) is 0. The Bertz CT molecular complexity index is 192. The highest BCUT2D eigenvalue weighted by Gasteiger charge is 2.57. The molecule has 0 unspecified atom stereocenters. The molecular weight excluding hydrogens is 150 g/mol. The number of hydrogen-bond donors (Lipinski definition) is 2. The second-order valence-electron chi connectivity index (χ2n) is 5.69. The van der Waals surface area contributed by atoms with Gasteiger partial charge in [0.1, 0.15) is 0 Å². The minimum absolute atomic E-state index is 0.263. The van der Waals surface area contributed by atoms with Gasteiger partial charge in [-0.05, 0) is 31.1 Å². The zero-order chi connectivity index (χ0) is 8.40. The van der Waals surface area contributed by atoms with Gasteiger partial charge in [0.2, 0.25) is 0 Å². The van der Waals surface area contributed by atoms with Crippen LogP contribution in [0.3, 0.4) is 0 Å². The fraction of sp³-hybridized carbons (Fsp3) is 1.00. The summed E-state index contributed by atoms with van der Waals surface area (Å²) < 4.78 is 0. The molecular formula is C10H18NO+. The summed E-state index contributed by atoms with van der Waals surface area (Å²) in [4.78, 5) is 0. The fourth-order valence-corrected chi connectivity index (χ4v) is 4.40. The lowest BCUT2D eigenvalue weighted by atomic mass is 9.51. The van der Waals surface area contributed by atoms with Crippen LogP contribution < -0.4 is 5.73 Å². The number of rotatable bonds is 0. The van der Waals surface area contributed by atoms with E-state index in [9.17, 15) is 5.11 Å². The second kappa shape index (κ2) is 1.88. The first-order valence-electron chi connectivity index (χ1n) is 5.15. The van der Waals surface area contributed by atoms with Gasteiger partial charge in [0.25, 0.3) is 0 Å². The maximum atomic E-state index is 10.2. The number of quaternary nitrogens is 1. The lowest BCUT2D eigenvalue weighted by Gasteiger charge is -2.56. The largest absolute Gasteiger partial charge is 0.390 e.